The molecule has 6 heteroatoms. The summed E-state index contributed by atoms with van der Waals surface area (Å²) >= 11 is 0. The van der Waals surface area contributed by atoms with Crippen molar-refractivity contribution in [1.82, 2.24) is 9.97 Å². The monoisotopic (exact) mass is 269 g/mol. The van der Waals surface area contributed by atoms with Crippen molar-refractivity contribution in [2.45, 2.75) is 19.8 Å². The number of hydrogen-bond donors (Lipinski definition) is 2. The fourth-order valence-corrected chi connectivity index (χ4v) is 1.82. The number of rotatable bonds is 5. The Balaban J connectivity index is 2.35. The maximum Gasteiger partial charge on any atom is 0.227 e. The number of nitrogens with one attached hydrogen (secondary N) is 1. The Morgan fingerprint density at radius 1 is 1.40 bits per heavy atom. The van der Waals surface area contributed by atoms with Crippen LogP contribution in [0.4, 0.5) is 5.82 Å². The van der Waals surface area contributed by atoms with Crippen molar-refractivity contribution in [2.24, 2.45) is 5.84 Å². The first-order chi connectivity index (χ1) is 9.78. The summed E-state index contributed by atoms with van der Waals surface area (Å²) in [5, 5.41) is 8.89. The normalized spacial score (nSPS) is 9.85. The number of hydrogen-bond acceptors (Lipinski definition) is 6. The lowest BCUT2D eigenvalue weighted by Gasteiger charge is -2.12. The number of nitrogens with zero attached hydrogens (tertiary/aromatic N) is 3. The summed E-state index contributed by atoms with van der Waals surface area (Å²) in [6.45, 7) is 2.05. The van der Waals surface area contributed by atoms with E-state index in [-0.39, 0.29) is 0 Å². The molecular formula is C14H15N5O. The van der Waals surface area contributed by atoms with Crippen molar-refractivity contribution in [2.75, 3.05) is 5.43 Å². The largest absolute Gasteiger partial charge is 0.439 e. The van der Waals surface area contributed by atoms with Gasteiger partial charge in [-0.1, -0.05) is 19.4 Å². The SMILES string of the molecule is CCCc1c(NN)ncnc1Oc1cccc(C#N)c1. The zero-order valence-corrected chi connectivity index (χ0v) is 11.1. The van der Waals surface area contributed by atoms with E-state index in [1.807, 2.05) is 6.92 Å². The van der Waals surface area contributed by atoms with E-state index in [1.165, 1.54) is 6.33 Å². The molecule has 1 aromatic carbocycles. The average Bonchev–Trinajstić information content (AvgIpc) is 2.49. The Bertz CT molecular complexity index is 636. The van der Waals surface area contributed by atoms with Crippen molar-refractivity contribution in [1.29, 1.82) is 5.26 Å². The third-order valence-electron chi connectivity index (χ3n) is 2.72. The zero-order valence-electron chi connectivity index (χ0n) is 11.1. The Morgan fingerprint density at radius 2 is 2.25 bits per heavy atom. The smallest absolute Gasteiger partial charge is 0.227 e. The second-order valence-electron chi connectivity index (χ2n) is 4.14. The second kappa shape index (κ2) is 6.50. The zero-order chi connectivity index (χ0) is 14.4. The van der Waals surface area contributed by atoms with Gasteiger partial charge in [-0.15, -0.1) is 0 Å². The maximum absolute atomic E-state index is 8.89. The molecule has 0 bridgehead atoms. The molecule has 2 rings (SSSR count). The summed E-state index contributed by atoms with van der Waals surface area (Å²) in [5.74, 6) is 7.01. The van der Waals surface area contributed by atoms with Crippen LogP contribution in [0.25, 0.3) is 0 Å². The molecule has 0 saturated carbocycles. The van der Waals surface area contributed by atoms with Gasteiger partial charge >= 0.3 is 0 Å². The van der Waals surface area contributed by atoms with E-state index in [9.17, 15) is 0 Å². The number of nitrogens with two attached hydrogens (primary N) is 1. The fraction of sp³-hybridized carbons (Fsp3) is 0.214. The van der Waals surface area contributed by atoms with Gasteiger partial charge in [-0.3, -0.25) is 0 Å². The second-order valence-corrected chi connectivity index (χ2v) is 4.14. The van der Waals surface area contributed by atoms with E-state index in [4.69, 9.17) is 15.8 Å². The molecule has 0 unspecified atom stereocenters. The van der Waals surface area contributed by atoms with E-state index in [1.54, 1.807) is 24.3 Å². The minimum Gasteiger partial charge on any atom is -0.439 e. The summed E-state index contributed by atoms with van der Waals surface area (Å²) in [7, 11) is 0. The van der Waals surface area contributed by atoms with Crippen molar-refractivity contribution in [3.63, 3.8) is 0 Å². The van der Waals surface area contributed by atoms with Crippen LogP contribution in [0.5, 0.6) is 11.6 Å². The van der Waals surface area contributed by atoms with E-state index in [0.717, 1.165) is 18.4 Å². The molecular weight excluding hydrogens is 254 g/mol. The third-order valence-corrected chi connectivity index (χ3v) is 2.72. The number of anilines is 1. The maximum atomic E-state index is 8.89. The minimum atomic E-state index is 0.449. The molecule has 2 aromatic rings. The molecule has 1 heterocycles. The van der Waals surface area contributed by atoms with E-state index >= 15 is 0 Å². The molecule has 0 aliphatic carbocycles. The van der Waals surface area contributed by atoms with Crippen molar-refractivity contribution < 1.29 is 4.74 Å². The highest BCUT2D eigenvalue weighted by molar-refractivity contribution is 5.49. The van der Waals surface area contributed by atoms with Crippen LogP contribution in [0.15, 0.2) is 30.6 Å². The molecule has 0 fully saturated rings. The number of nitrogen functional groups attached to an aromatic ring is 1. The predicted molar refractivity (Wildman–Crippen MR) is 75.1 cm³/mol. The highest BCUT2D eigenvalue weighted by atomic mass is 16.5. The lowest BCUT2D eigenvalue weighted by molar-refractivity contribution is 0.454. The topological polar surface area (TPSA) is 96.8 Å². The van der Waals surface area contributed by atoms with Gasteiger partial charge in [0, 0.05) is 0 Å². The molecule has 0 atom stereocenters. The number of ether oxygens (including phenoxy) is 1. The first kappa shape index (κ1) is 13.8. The molecule has 0 aliphatic rings. The molecule has 0 aliphatic heterocycles. The van der Waals surface area contributed by atoms with Gasteiger partial charge in [0.05, 0.1) is 17.2 Å². The van der Waals surface area contributed by atoms with Gasteiger partial charge < -0.3 is 10.2 Å². The van der Waals surface area contributed by atoms with E-state index < -0.39 is 0 Å². The van der Waals surface area contributed by atoms with Gasteiger partial charge in [-0.2, -0.15) is 5.26 Å². The van der Waals surface area contributed by atoms with Crippen LogP contribution in [-0.4, -0.2) is 9.97 Å². The number of hydrazine groups is 1. The standard InChI is InChI=1S/C14H15N5O/c1-2-4-12-13(19-16)17-9-18-14(12)20-11-6-3-5-10(7-11)8-15/h3,5-7,9H,2,4,16H2,1H3,(H,17,18,19). The molecule has 6 nitrogen and oxygen atoms in total. The van der Waals surface area contributed by atoms with Crippen molar-refractivity contribution in [3.05, 3.63) is 41.7 Å². The number of nitriles is 1. The number of benzene rings is 1. The average molecular weight is 269 g/mol. The molecule has 0 amide bonds. The van der Waals surface area contributed by atoms with Gasteiger partial charge in [0.1, 0.15) is 17.9 Å². The Labute approximate surface area is 117 Å². The van der Waals surface area contributed by atoms with Crippen LogP contribution in [-0.2, 0) is 6.42 Å². The van der Waals surface area contributed by atoms with Crippen LogP contribution < -0.4 is 16.0 Å². The van der Waals surface area contributed by atoms with E-state index in [0.29, 0.717) is 23.0 Å². The van der Waals surface area contributed by atoms with Crippen LogP contribution >= 0.6 is 0 Å². The highest BCUT2D eigenvalue weighted by Gasteiger charge is 2.12. The summed E-state index contributed by atoms with van der Waals surface area (Å²) < 4.78 is 5.75. The van der Waals surface area contributed by atoms with Gasteiger partial charge in [-0.05, 0) is 24.6 Å². The Kier molecular flexibility index (Phi) is 4.47. The van der Waals surface area contributed by atoms with Gasteiger partial charge in [0.2, 0.25) is 5.88 Å². The number of aromatic nitrogens is 2. The first-order valence-electron chi connectivity index (χ1n) is 6.27. The first-order valence-corrected chi connectivity index (χ1v) is 6.27. The molecule has 20 heavy (non-hydrogen) atoms. The van der Waals surface area contributed by atoms with Gasteiger partial charge in [0.25, 0.3) is 0 Å². The fourth-order valence-electron chi connectivity index (χ4n) is 1.82. The van der Waals surface area contributed by atoms with Gasteiger partial charge in [-0.25, -0.2) is 15.8 Å². The molecule has 0 radical (unpaired) electrons. The summed E-state index contributed by atoms with van der Waals surface area (Å²) in [6, 6.07) is 8.98. The summed E-state index contributed by atoms with van der Waals surface area (Å²) in [5.41, 5.74) is 3.90. The molecule has 0 saturated heterocycles. The highest BCUT2D eigenvalue weighted by Crippen LogP contribution is 2.28. The third kappa shape index (κ3) is 3.02. The van der Waals surface area contributed by atoms with Crippen LogP contribution in [0.1, 0.15) is 24.5 Å². The van der Waals surface area contributed by atoms with Crippen molar-refractivity contribution in [3.8, 4) is 17.7 Å². The predicted octanol–water partition coefficient (Wildman–Crippen LogP) is 2.38. The lowest BCUT2D eigenvalue weighted by Crippen LogP contribution is -2.12. The molecule has 102 valence electrons. The van der Waals surface area contributed by atoms with E-state index in [2.05, 4.69) is 21.5 Å². The molecule has 1 aromatic heterocycles. The van der Waals surface area contributed by atoms with Crippen LogP contribution in [0.3, 0.4) is 0 Å². The Hall–Kier alpha value is -2.65. The quantitative estimate of drug-likeness (QED) is 0.639. The Morgan fingerprint density at radius 3 is 2.95 bits per heavy atom. The molecule has 0 spiro atoms. The van der Waals surface area contributed by atoms with Crippen LogP contribution in [0, 0.1) is 11.3 Å². The van der Waals surface area contributed by atoms with Crippen LogP contribution in [0.2, 0.25) is 0 Å². The minimum absolute atomic E-state index is 0.449. The summed E-state index contributed by atoms with van der Waals surface area (Å²) in [6.07, 6.45) is 3.04. The van der Waals surface area contributed by atoms with Gasteiger partial charge in [0.15, 0.2) is 0 Å². The van der Waals surface area contributed by atoms with Crippen molar-refractivity contribution >= 4 is 5.82 Å². The lowest BCUT2D eigenvalue weighted by atomic mass is 10.1. The summed E-state index contributed by atoms with van der Waals surface area (Å²) in [4.78, 5) is 8.22. The molecule has 3 N–H and O–H groups in total.